The number of hydrogen-bond donors (Lipinski definition) is 1. The molecule has 0 spiro atoms. The number of benzene rings is 3. The van der Waals surface area contributed by atoms with E-state index in [-0.39, 0.29) is 5.82 Å². The van der Waals surface area contributed by atoms with Gasteiger partial charge in [0.2, 0.25) is 0 Å². The zero-order chi connectivity index (χ0) is 16.2. The molecule has 3 rings (SSSR count). The van der Waals surface area contributed by atoms with Crippen molar-refractivity contribution in [1.29, 1.82) is 0 Å². The lowest BCUT2D eigenvalue weighted by Gasteiger charge is -2.12. The van der Waals surface area contributed by atoms with Gasteiger partial charge in [-0.1, -0.05) is 30.3 Å². The van der Waals surface area contributed by atoms with Crippen LogP contribution in [0.25, 0.3) is 16.0 Å². The van der Waals surface area contributed by atoms with E-state index in [1.807, 2.05) is 43.3 Å². The molecule has 3 aromatic carbocycles. The normalized spacial score (nSPS) is 10.1. The standard InChI is InChI=1S/C20H15FN2/c1-14-6-7-16(15-4-3-5-19(12-15)22-2)13-20(14)23-18-10-8-17(21)9-11-18/h3-13,23H,1H3. The number of nitrogens with zero attached hydrogens (tertiary/aromatic N) is 1. The summed E-state index contributed by atoms with van der Waals surface area (Å²) in [5, 5.41) is 3.31. The van der Waals surface area contributed by atoms with Gasteiger partial charge in [-0.25, -0.2) is 9.24 Å². The van der Waals surface area contributed by atoms with E-state index in [4.69, 9.17) is 6.57 Å². The molecule has 0 fully saturated rings. The first-order valence-electron chi connectivity index (χ1n) is 7.27. The molecule has 0 radical (unpaired) electrons. The summed E-state index contributed by atoms with van der Waals surface area (Å²) < 4.78 is 13.0. The maximum absolute atomic E-state index is 13.0. The summed E-state index contributed by atoms with van der Waals surface area (Å²) in [5.74, 6) is -0.253. The monoisotopic (exact) mass is 302 g/mol. The second-order valence-corrected chi connectivity index (χ2v) is 5.32. The highest BCUT2D eigenvalue weighted by Crippen LogP contribution is 2.29. The molecular formula is C20H15FN2. The van der Waals surface area contributed by atoms with Crippen LogP contribution in [0.3, 0.4) is 0 Å². The van der Waals surface area contributed by atoms with Gasteiger partial charge in [-0.2, -0.15) is 0 Å². The first-order chi connectivity index (χ1) is 11.2. The molecule has 112 valence electrons. The maximum atomic E-state index is 13.0. The highest BCUT2D eigenvalue weighted by atomic mass is 19.1. The summed E-state index contributed by atoms with van der Waals surface area (Å²) in [6.07, 6.45) is 0. The molecule has 0 saturated carbocycles. The molecule has 3 heteroatoms. The molecule has 0 aliphatic carbocycles. The van der Waals surface area contributed by atoms with E-state index in [2.05, 4.69) is 10.2 Å². The van der Waals surface area contributed by atoms with Crippen molar-refractivity contribution >= 4 is 17.1 Å². The Labute approximate surface area is 135 Å². The summed E-state index contributed by atoms with van der Waals surface area (Å²) in [7, 11) is 0. The second kappa shape index (κ2) is 6.33. The van der Waals surface area contributed by atoms with Crippen molar-refractivity contribution in [2.75, 3.05) is 5.32 Å². The van der Waals surface area contributed by atoms with Gasteiger partial charge in [-0.15, -0.1) is 0 Å². The summed E-state index contributed by atoms with van der Waals surface area (Å²) in [6.45, 7) is 9.15. The van der Waals surface area contributed by atoms with Crippen LogP contribution in [0.4, 0.5) is 21.5 Å². The van der Waals surface area contributed by atoms with Crippen LogP contribution < -0.4 is 5.32 Å². The lowest BCUT2D eigenvalue weighted by atomic mass is 10.0. The zero-order valence-corrected chi connectivity index (χ0v) is 12.7. The van der Waals surface area contributed by atoms with Crippen LogP contribution in [0, 0.1) is 19.3 Å². The molecule has 0 atom stereocenters. The fourth-order valence-electron chi connectivity index (χ4n) is 2.38. The Bertz CT molecular complexity index is 877. The van der Waals surface area contributed by atoms with Crippen LogP contribution in [0.5, 0.6) is 0 Å². The van der Waals surface area contributed by atoms with Gasteiger partial charge < -0.3 is 5.32 Å². The lowest BCUT2D eigenvalue weighted by molar-refractivity contribution is 0.628. The Morgan fingerprint density at radius 2 is 1.65 bits per heavy atom. The third kappa shape index (κ3) is 3.38. The summed E-state index contributed by atoms with van der Waals surface area (Å²) in [5.41, 5.74) is 5.55. The molecule has 0 aromatic heterocycles. The molecule has 0 heterocycles. The van der Waals surface area contributed by atoms with Gasteiger partial charge >= 0.3 is 0 Å². The van der Waals surface area contributed by atoms with Crippen molar-refractivity contribution < 1.29 is 4.39 Å². The minimum Gasteiger partial charge on any atom is -0.355 e. The molecule has 0 saturated heterocycles. The smallest absolute Gasteiger partial charge is 0.187 e. The molecule has 23 heavy (non-hydrogen) atoms. The van der Waals surface area contributed by atoms with Crippen LogP contribution in [0.1, 0.15) is 5.56 Å². The molecular weight excluding hydrogens is 287 g/mol. The maximum Gasteiger partial charge on any atom is 0.187 e. The van der Waals surface area contributed by atoms with Gasteiger partial charge in [0.1, 0.15) is 5.82 Å². The molecule has 3 aromatic rings. The number of hydrogen-bond acceptors (Lipinski definition) is 1. The van der Waals surface area contributed by atoms with Crippen molar-refractivity contribution in [3.05, 3.63) is 89.5 Å². The Balaban J connectivity index is 1.95. The summed E-state index contributed by atoms with van der Waals surface area (Å²) >= 11 is 0. The largest absolute Gasteiger partial charge is 0.355 e. The van der Waals surface area contributed by atoms with E-state index in [1.165, 1.54) is 12.1 Å². The van der Waals surface area contributed by atoms with Crippen molar-refractivity contribution in [3.8, 4) is 11.1 Å². The van der Waals surface area contributed by atoms with Crippen LogP contribution in [0.15, 0.2) is 66.7 Å². The molecule has 0 bridgehead atoms. The molecule has 0 aliphatic heterocycles. The topological polar surface area (TPSA) is 16.4 Å². The van der Waals surface area contributed by atoms with E-state index in [9.17, 15) is 4.39 Å². The van der Waals surface area contributed by atoms with Gasteiger partial charge in [0, 0.05) is 11.4 Å². The minimum atomic E-state index is -0.253. The van der Waals surface area contributed by atoms with E-state index in [0.29, 0.717) is 5.69 Å². The van der Waals surface area contributed by atoms with Gasteiger partial charge in [0.05, 0.1) is 6.57 Å². The lowest BCUT2D eigenvalue weighted by Crippen LogP contribution is -1.94. The molecule has 1 N–H and O–H groups in total. The fraction of sp³-hybridized carbons (Fsp3) is 0.0500. The van der Waals surface area contributed by atoms with Crippen LogP contribution >= 0.6 is 0 Å². The molecule has 0 aliphatic rings. The van der Waals surface area contributed by atoms with Crippen LogP contribution in [0.2, 0.25) is 0 Å². The van der Waals surface area contributed by atoms with E-state index < -0.39 is 0 Å². The van der Waals surface area contributed by atoms with Crippen molar-refractivity contribution in [2.45, 2.75) is 6.92 Å². The van der Waals surface area contributed by atoms with Gasteiger partial charge in [-0.3, -0.25) is 0 Å². The third-order valence-corrected chi connectivity index (χ3v) is 3.67. The van der Waals surface area contributed by atoms with Crippen molar-refractivity contribution in [2.24, 2.45) is 0 Å². The number of aryl methyl sites for hydroxylation is 1. The molecule has 0 amide bonds. The van der Waals surface area contributed by atoms with Gasteiger partial charge in [0.25, 0.3) is 0 Å². The van der Waals surface area contributed by atoms with Gasteiger partial charge in [-0.05, 0) is 60.0 Å². The number of nitrogens with one attached hydrogen (secondary N) is 1. The summed E-state index contributed by atoms with van der Waals surface area (Å²) in [6, 6.07) is 19.9. The highest BCUT2D eigenvalue weighted by Gasteiger charge is 2.04. The average molecular weight is 302 g/mol. The quantitative estimate of drug-likeness (QED) is 0.578. The van der Waals surface area contributed by atoms with Crippen LogP contribution in [-0.4, -0.2) is 0 Å². The predicted molar refractivity (Wildman–Crippen MR) is 92.6 cm³/mol. The van der Waals surface area contributed by atoms with E-state index in [1.54, 1.807) is 18.2 Å². The molecule has 2 nitrogen and oxygen atoms in total. The Kier molecular flexibility index (Phi) is 4.07. The predicted octanol–water partition coefficient (Wildman–Crippen LogP) is 6.10. The zero-order valence-electron chi connectivity index (χ0n) is 12.7. The van der Waals surface area contributed by atoms with Gasteiger partial charge in [0.15, 0.2) is 5.69 Å². The highest BCUT2D eigenvalue weighted by molar-refractivity contribution is 5.75. The Hall–Kier alpha value is -3.12. The average Bonchev–Trinajstić information content (AvgIpc) is 2.59. The first-order valence-corrected chi connectivity index (χ1v) is 7.27. The first kappa shape index (κ1) is 14.8. The summed E-state index contributed by atoms with van der Waals surface area (Å²) in [4.78, 5) is 3.47. The minimum absolute atomic E-state index is 0.253. The number of rotatable bonds is 3. The SMILES string of the molecule is [C-]#[N+]c1cccc(-c2ccc(C)c(Nc3ccc(F)cc3)c2)c1. The Morgan fingerprint density at radius 3 is 2.39 bits per heavy atom. The van der Waals surface area contributed by atoms with E-state index in [0.717, 1.165) is 28.1 Å². The number of anilines is 2. The van der Waals surface area contributed by atoms with Crippen LogP contribution in [-0.2, 0) is 0 Å². The fourth-order valence-corrected chi connectivity index (χ4v) is 2.38. The number of halogens is 1. The van der Waals surface area contributed by atoms with Crippen molar-refractivity contribution in [1.82, 2.24) is 0 Å². The third-order valence-electron chi connectivity index (χ3n) is 3.67. The second-order valence-electron chi connectivity index (χ2n) is 5.32. The van der Waals surface area contributed by atoms with E-state index >= 15 is 0 Å². The van der Waals surface area contributed by atoms with Crippen molar-refractivity contribution in [3.63, 3.8) is 0 Å². The molecule has 0 unspecified atom stereocenters. The Morgan fingerprint density at radius 1 is 0.913 bits per heavy atom.